The summed E-state index contributed by atoms with van der Waals surface area (Å²) in [5.41, 5.74) is 0.304. The average molecular weight is 880 g/mol. The van der Waals surface area contributed by atoms with Crippen molar-refractivity contribution >= 4 is 57.4 Å². The Morgan fingerprint density at radius 3 is 2.41 bits per heavy atom. The molecule has 328 valence electrons. The van der Waals surface area contributed by atoms with Crippen LogP contribution in [0.3, 0.4) is 0 Å². The van der Waals surface area contributed by atoms with Gasteiger partial charge in [-0.25, -0.2) is 27.8 Å². The Bertz CT molecular complexity index is 2240. The quantitative estimate of drug-likeness (QED) is 0.156. The molecular weight excluding hydrogens is 825 g/mol. The Hall–Kier alpha value is -4.72. The van der Waals surface area contributed by atoms with Gasteiger partial charge in [-0.2, -0.15) is 0 Å². The lowest BCUT2D eigenvalue weighted by atomic mass is 9.43. The highest BCUT2D eigenvalue weighted by atomic mass is 32.2. The number of amides is 4. The molecular formula is C42H54BN5O11S2. The zero-order valence-electron chi connectivity index (χ0n) is 35.5. The van der Waals surface area contributed by atoms with Crippen LogP contribution in [0.4, 0.5) is 14.7 Å². The number of hydrogen-bond acceptors (Lipinski definition) is 13. The number of nitrogens with zero attached hydrogens (tertiary/aromatic N) is 2. The molecule has 5 aliphatic rings. The van der Waals surface area contributed by atoms with Gasteiger partial charge in [-0.1, -0.05) is 56.3 Å². The van der Waals surface area contributed by atoms with Gasteiger partial charge >= 0.3 is 25.2 Å². The Morgan fingerprint density at radius 1 is 1.02 bits per heavy atom. The van der Waals surface area contributed by atoms with Gasteiger partial charge in [-0.05, 0) is 81.4 Å². The fourth-order valence-corrected chi connectivity index (χ4v) is 10.9. The van der Waals surface area contributed by atoms with Crippen molar-refractivity contribution in [2.75, 3.05) is 37.0 Å². The number of carbonyl (C=O) groups excluding carboxylic acids is 4. The van der Waals surface area contributed by atoms with E-state index in [0.717, 1.165) is 29.7 Å². The van der Waals surface area contributed by atoms with Crippen LogP contribution < -0.4 is 20.7 Å². The molecule has 5 unspecified atom stereocenters. The molecule has 2 aliphatic heterocycles. The number of urea groups is 1. The van der Waals surface area contributed by atoms with Crippen LogP contribution in [0.15, 0.2) is 53.9 Å². The maximum absolute atomic E-state index is 14.8. The highest BCUT2D eigenvalue weighted by Crippen LogP contribution is 2.65. The zero-order valence-corrected chi connectivity index (χ0v) is 37.2. The summed E-state index contributed by atoms with van der Waals surface area (Å²) in [5.74, 6) is -1.62. The molecule has 3 saturated carbocycles. The fraction of sp³-hybridized carbons (Fsp3) is 0.548. The summed E-state index contributed by atoms with van der Waals surface area (Å²) in [5, 5.41) is 10.1. The van der Waals surface area contributed by atoms with E-state index in [9.17, 15) is 27.6 Å². The van der Waals surface area contributed by atoms with Crippen LogP contribution >= 0.6 is 11.3 Å². The van der Waals surface area contributed by atoms with Crippen molar-refractivity contribution < 1.29 is 51.1 Å². The molecule has 19 heteroatoms. The summed E-state index contributed by atoms with van der Waals surface area (Å²) in [6.07, 6.45) is 0.881. The van der Waals surface area contributed by atoms with Gasteiger partial charge in [0.25, 0.3) is 0 Å². The molecule has 61 heavy (non-hydrogen) atoms. The van der Waals surface area contributed by atoms with Crippen LogP contribution in [-0.2, 0) is 46.4 Å². The van der Waals surface area contributed by atoms with Crippen molar-refractivity contribution in [3.63, 3.8) is 0 Å². The van der Waals surface area contributed by atoms with Crippen LogP contribution in [-0.4, -0.2) is 104 Å². The molecule has 6 atom stereocenters. The van der Waals surface area contributed by atoms with Gasteiger partial charge in [0, 0.05) is 18.5 Å². The van der Waals surface area contributed by atoms with Crippen LogP contribution in [0.5, 0.6) is 5.75 Å². The van der Waals surface area contributed by atoms with E-state index in [1.807, 2.05) is 30.3 Å². The second-order valence-electron chi connectivity index (χ2n) is 17.9. The van der Waals surface area contributed by atoms with Crippen molar-refractivity contribution in [2.24, 2.45) is 17.3 Å². The zero-order chi connectivity index (χ0) is 43.9. The lowest BCUT2D eigenvalue weighted by Crippen LogP contribution is -2.65. The standard InChI is InChI=1S/C42H54BN5O11S2/c1-40(2,3)57-36(50)28-15-11-14-26(34(28)55-7)20-32(43-58-31-22-27-21-30(41(27,4)5)42(31,6)59-43)45-35(49)33(46-38(51)48-16-18-61(53,54)19-17-48)29-24-60-37(44-29)47-39(52)56-23-25-12-9-8-10-13-25/h8-15,24,27,30-33H,16-23H2,1-7H3,(H,45,49)(H,46,51)(H,44,47,52)/t27?,30?,31?,32?,33?,42-/m0/s1. The van der Waals surface area contributed by atoms with Gasteiger partial charge in [0.2, 0.25) is 5.91 Å². The number of esters is 1. The van der Waals surface area contributed by atoms with E-state index < -0.39 is 64.1 Å². The monoisotopic (exact) mass is 879 g/mol. The Morgan fingerprint density at radius 2 is 1.74 bits per heavy atom. The maximum Gasteiger partial charge on any atom is 0.482 e. The highest BCUT2D eigenvalue weighted by Gasteiger charge is 2.68. The minimum absolute atomic E-state index is 0.0223. The highest BCUT2D eigenvalue weighted by molar-refractivity contribution is 7.91. The number of thiazole rings is 1. The first-order valence-electron chi connectivity index (χ1n) is 20.5. The summed E-state index contributed by atoms with van der Waals surface area (Å²) < 4.78 is 54.8. The Labute approximate surface area is 360 Å². The number of hydrogen-bond donors (Lipinski definition) is 3. The SMILES string of the molecule is COc1c(CC(NC(=O)C(NC(=O)N2CCS(=O)(=O)CC2)c2csc(NC(=O)OCc3ccccc3)n2)B2OC3CC4CC(C4(C)C)[C@]3(C)O2)cccc1C(=O)OC(C)(C)C. The summed E-state index contributed by atoms with van der Waals surface area (Å²) in [4.78, 5) is 60.5. The van der Waals surface area contributed by atoms with Gasteiger partial charge in [0.05, 0.1) is 42.0 Å². The van der Waals surface area contributed by atoms with Crippen molar-refractivity contribution in [3.05, 3.63) is 76.3 Å². The minimum atomic E-state index is -3.31. The van der Waals surface area contributed by atoms with Gasteiger partial charge < -0.3 is 39.1 Å². The van der Waals surface area contributed by atoms with E-state index >= 15 is 0 Å². The lowest BCUT2D eigenvalue weighted by molar-refractivity contribution is -0.199. The number of rotatable bonds is 12. The number of para-hydroxylation sites is 1. The van der Waals surface area contributed by atoms with E-state index in [-0.39, 0.29) is 77.2 Å². The van der Waals surface area contributed by atoms with Crippen molar-refractivity contribution in [1.29, 1.82) is 0 Å². The van der Waals surface area contributed by atoms with E-state index in [2.05, 4.69) is 41.7 Å². The van der Waals surface area contributed by atoms with Gasteiger partial charge in [0.15, 0.2) is 21.0 Å². The van der Waals surface area contributed by atoms with Crippen LogP contribution in [0.25, 0.3) is 0 Å². The molecule has 5 fully saturated rings. The second-order valence-corrected chi connectivity index (χ2v) is 21.1. The lowest BCUT2D eigenvalue weighted by Gasteiger charge is -2.64. The molecule has 3 N–H and O–H groups in total. The Balaban J connectivity index is 1.18. The van der Waals surface area contributed by atoms with Crippen LogP contribution in [0.2, 0.25) is 0 Å². The molecule has 0 spiro atoms. The van der Waals surface area contributed by atoms with Gasteiger partial charge in [0.1, 0.15) is 23.5 Å². The third kappa shape index (κ3) is 9.69. The predicted octanol–water partition coefficient (Wildman–Crippen LogP) is 5.33. The van der Waals surface area contributed by atoms with Crippen LogP contribution in [0.1, 0.15) is 87.6 Å². The van der Waals surface area contributed by atoms with Crippen molar-refractivity contribution in [2.45, 2.75) is 96.7 Å². The first-order valence-corrected chi connectivity index (χ1v) is 23.2. The topological polar surface area (TPSA) is 201 Å². The third-order valence-electron chi connectivity index (χ3n) is 12.4. The summed E-state index contributed by atoms with van der Waals surface area (Å²) in [6, 6.07) is 12.2. The molecule has 1 aromatic heterocycles. The molecule has 3 aliphatic carbocycles. The molecule has 8 rings (SSSR count). The van der Waals surface area contributed by atoms with E-state index in [1.54, 1.807) is 39.0 Å². The first-order chi connectivity index (χ1) is 28.8. The molecule has 2 saturated heterocycles. The molecule has 0 radical (unpaired) electrons. The maximum atomic E-state index is 14.8. The Kier molecular flexibility index (Phi) is 12.5. The third-order valence-corrected chi connectivity index (χ3v) is 14.8. The molecule has 2 bridgehead atoms. The number of nitrogens with one attached hydrogen (secondary N) is 3. The second kappa shape index (κ2) is 17.2. The molecule has 16 nitrogen and oxygen atoms in total. The first kappa shape index (κ1) is 44.3. The minimum Gasteiger partial charge on any atom is -0.496 e. The van der Waals surface area contributed by atoms with Gasteiger partial charge in [-0.15, -0.1) is 11.3 Å². The van der Waals surface area contributed by atoms with Crippen LogP contribution in [0, 0.1) is 17.3 Å². The number of anilines is 1. The average Bonchev–Trinajstić information content (AvgIpc) is 3.82. The normalized spacial score (nSPS) is 24.6. The number of benzene rings is 2. The predicted molar refractivity (Wildman–Crippen MR) is 228 cm³/mol. The van der Waals surface area contributed by atoms with E-state index in [0.29, 0.717) is 11.5 Å². The van der Waals surface area contributed by atoms with E-state index in [4.69, 9.17) is 23.5 Å². The molecule has 3 heterocycles. The van der Waals surface area contributed by atoms with Crippen molar-refractivity contribution in [1.82, 2.24) is 20.5 Å². The molecule has 3 aromatic rings. The number of ether oxygens (including phenoxy) is 3. The smallest absolute Gasteiger partial charge is 0.482 e. The number of sulfone groups is 1. The number of aromatic nitrogens is 1. The summed E-state index contributed by atoms with van der Waals surface area (Å²) in [7, 11) is -2.80. The molecule has 2 aromatic carbocycles. The largest absolute Gasteiger partial charge is 0.496 e. The van der Waals surface area contributed by atoms with Crippen molar-refractivity contribution in [3.8, 4) is 5.75 Å². The van der Waals surface area contributed by atoms with E-state index in [1.165, 1.54) is 17.4 Å². The van der Waals surface area contributed by atoms with Gasteiger partial charge in [-0.3, -0.25) is 10.1 Å². The summed E-state index contributed by atoms with van der Waals surface area (Å²) in [6.45, 7) is 11.8. The number of carbonyl (C=O) groups is 4. The summed E-state index contributed by atoms with van der Waals surface area (Å²) >= 11 is 1.03. The number of methoxy groups -OCH3 is 1. The molecule has 4 amide bonds. The fourth-order valence-electron chi connectivity index (χ4n) is 9.00.